The lowest BCUT2D eigenvalue weighted by atomic mass is 10.2. The van der Waals surface area contributed by atoms with Gasteiger partial charge in [0.1, 0.15) is 5.82 Å². The average molecular weight is 343 g/mol. The second kappa shape index (κ2) is 5.02. The van der Waals surface area contributed by atoms with E-state index in [4.69, 9.17) is 40.5 Å². The molecule has 0 bridgehead atoms. The first-order valence-electron chi connectivity index (χ1n) is 6.01. The number of halogens is 3. The summed E-state index contributed by atoms with van der Waals surface area (Å²) in [6.45, 7) is 1.97. The molecule has 8 heteroatoms. The number of hydrogen-bond acceptors (Lipinski definition) is 4. The van der Waals surface area contributed by atoms with E-state index in [1.165, 1.54) is 0 Å². The number of nitrogen functional groups attached to an aromatic ring is 1. The largest absolute Gasteiger partial charge is 0.368 e. The fourth-order valence-electron chi connectivity index (χ4n) is 2.10. The van der Waals surface area contributed by atoms with Crippen LogP contribution in [0.1, 0.15) is 11.4 Å². The van der Waals surface area contributed by atoms with Crippen molar-refractivity contribution < 1.29 is 0 Å². The van der Waals surface area contributed by atoms with E-state index in [-0.39, 0.29) is 11.8 Å². The molecule has 2 heterocycles. The Morgan fingerprint density at radius 1 is 1.14 bits per heavy atom. The summed E-state index contributed by atoms with van der Waals surface area (Å²) in [5.74, 6) is 0.889. The number of hydrogen-bond donors (Lipinski definition) is 1. The maximum Gasteiger partial charge on any atom is 0.248 e. The van der Waals surface area contributed by atoms with Gasteiger partial charge in [-0.1, -0.05) is 40.9 Å². The van der Waals surface area contributed by atoms with Gasteiger partial charge in [0, 0.05) is 6.20 Å². The van der Waals surface area contributed by atoms with Crippen molar-refractivity contribution in [1.29, 1.82) is 0 Å². The summed E-state index contributed by atoms with van der Waals surface area (Å²) in [7, 11) is 0. The van der Waals surface area contributed by atoms with Gasteiger partial charge in [-0.2, -0.15) is 4.98 Å². The van der Waals surface area contributed by atoms with E-state index in [9.17, 15) is 0 Å². The van der Waals surface area contributed by atoms with Crippen LogP contribution in [0.25, 0.3) is 16.9 Å². The molecule has 1 aromatic carbocycles. The van der Waals surface area contributed by atoms with Crippen molar-refractivity contribution in [2.75, 3.05) is 5.73 Å². The molecule has 2 aromatic heterocycles. The number of fused-ring (bicyclic) bond motifs is 1. The Morgan fingerprint density at radius 2 is 1.90 bits per heavy atom. The lowest BCUT2D eigenvalue weighted by molar-refractivity contribution is 0.898. The number of aryl methyl sites for hydroxylation is 1. The van der Waals surface area contributed by atoms with Crippen LogP contribution in [0.3, 0.4) is 0 Å². The van der Waals surface area contributed by atoms with Gasteiger partial charge in [0.25, 0.3) is 0 Å². The first-order chi connectivity index (χ1) is 9.86. The minimum absolute atomic E-state index is 0.136. The SMILES string of the molecule is Cc1ccc2nc(C(Cl)(Cl)Cl)n(-c3ccnc(N)n3)c2c1. The molecule has 0 aliphatic carbocycles. The van der Waals surface area contributed by atoms with Crippen LogP contribution < -0.4 is 5.73 Å². The number of aromatic nitrogens is 4. The third kappa shape index (κ3) is 2.64. The van der Waals surface area contributed by atoms with Crippen molar-refractivity contribution in [2.24, 2.45) is 0 Å². The highest BCUT2D eigenvalue weighted by atomic mass is 35.6. The van der Waals surface area contributed by atoms with Gasteiger partial charge in [0.15, 0.2) is 5.82 Å². The molecule has 0 aliphatic rings. The van der Waals surface area contributed by atoms with E-state index >= 15 is 0 Å². The summed E-state index contributed by atoms with van der Waals surface area (Å²) in [6.07, 6.45) is 1.54. The number of imidazole rings is 1. The zero-order valence-corrected chi connectivity index (χ0v) is 13.2. The molecular weight excluding hydrogens is 333 g/mol. The molecule has 0 aliphatic heterocycles. The number of nitrogens with two attached hydrogens (primary N) is 1. The Hall–Kier alpha value is -1.56. The summed E-state index contributed by atoms with van der Waals surface area (Å²) in [4.78, 5) is 12.5. The number of alkyl halides is 3. The van der Waals surface area contributed by atoms with Crippen molar-refractivity contribution in [3.8, 4) is 5.82 Å². The summed E-state index contributed by atoms with van der Waals surface area (Å²) in [5, 5.41) is 0. The maximum atomic E-state index is 6.04. The van der Waals surface area contributed by atoms with Crippen LogP contribution in [0, 0.1) is 6.92 Å². The zero-order valence-electron chi connectivity index (χ0n) is 10.9. The van der Waals surface area contributed by atoms with Crippen molar-refractivity contribution in [1.82, 2.24) is 19.5 Å². The van der Waals surface area contributed by atoms with Gasteiger partial charge >= 0.3 is 0 Å². The fraction of sp³-hybridized carbons (Fsp3) is 0.154. The fourth-order valence-corrected chi connectivity index (χ4v) is 2.48. The Kier molecular flexibility index (Phi) is 3.43. The first-order valence-corrected chi connectivity index (χ1v) is 7.15. The summed E-state index contributed by atoms with van der Waals surface area (Å²) in [6, 6.07) is 7.43. The van der Waals surface area contributed by atoms with Crippen LogP contribution >= 0.6 is 34.8 Å². The van der Waals surface area contributed by atoms with Crippen LogP contribution in [-0.2, 0) is 3.79 Å². The standard InChI is InChI=1S/C13H10Cl3N5/c1-7-2-3-8-9(6-7)21(11(19-8)13(14,15)16)10-4-5-18-12(17)20-10/h2-6H,1H3,(H2,17,18,20). The lowest BCUT2D eigenvalue weighted by Crippen LogP contribution is -2.12. The second-order valence-corrected chi connectivity index (χ2v) is 6.82. The van der Waals surface area contributed by atoms with Gasteiger partial charge in [-0.05, 0) is 30.7 Å². The highest BCUT2D eigenvalue weighted by Crippen LogP contribution is 2.40. The number of nitrogens with zero attached hydrogens (tertiary/aromatic N) is 4. The third-order valence-corrected chi connectivity index (χ3v) is 3.46. The van der Waals surface area contributed by atoms with E-state index in [2.05, 4.69) is 15.0 Å². The van der Waals surface area contributed by atoms with Crippen molar-refractivity contribution in [3.05, 3.63) is 41.9 Å². The second-order valence-electron chi connectivity index (χ2n) is 4.53. The summed E-state index contributed by atoms with van der Waals surface area (Å²) in [5.41, 5.74) is 8.19. The monoisotopic (exact) mass is 341 g/mol. The number of anilines is 1. The van der Waals surface area contributed by atoms with Crippen molar-refractivity contribution in [2.45, 2.75) is 10.7 Å². The quantitative estimate of drug-likeness (QED) is 0.687. The maximum absolute atomic E-state index is 6.04. The molecular formula is C13H10Cl3N5. The van der Waals surface area contributed by atoms with Gasteiger partial charge in [-0.3, -0.25) is 4.57 Å². The van der Waals surface area contributed by atoms with Gasteiger partial charge < -0.3 is 5.73 Å². The topological polar surface area (TPSA) is 69.6 Å². The highest BCUT2D eigenvalue weighted by molar-refractivity contribution is 6.66. The van der Waals surface area contributed by atoms with E-state index in [1.54, 1.807) is 16.8 Å². The Morgan fingerprint density at radius 3 is 2.57 bits per heavy atom. The van der Waals surface area contributed by atoms with E-state index < -0.39 is 3.79 Å². The molecule has 0 radical (unpaired) electrons. The predicted molar refractivity (Wildman–Crippen MR) is 85.0 cm³/mol. The molecule has 3 aromatic rings. The molecule has 0 unspecified atom stereocenters. The minimum Gasteiger partial charge on any atom is -0.368 e. The van der Waals surface area contributed by atoms with E-state index in [0.717, 1.165) is 11.1 Å². The third-order valence-electron chi connectivity index (χ3n) is 2.95. The van der Waals surface area contributed by atoms with Crippen molar-refractivity contribution >= 4 is 51.8 Å². The smallest absolute Gasteiger partial charge is 0.248 e. The van der Waals surface area contributed by atoms with Gasteiger partial charge in [-0.25, -0.2) is 9.97 Å². The number of benzene rings is 1. The molecule has 21 heavy (non-hydrogen) atoms. The normalized spacial score (nSPS) is 12.0. The molecule has 0 saturated heterocycles. The Labute approximate surface area is 135 Å². The van der Waals surface area contributed by atoms with Crippen LogP contribution in [0.2, 0.25) is 0 Å². The number of rotatable bonds is 1. The molecule has 2 N–H and O–H groups in total. The zero-order chi connectivity index (χ0) is 15.2. The molecule has 5 nitrogen and oxygen atoms in total. The first kappa shape index (κ1) is 14.4. The van der Waals surface area contributed by atoms with Gasteiger partial charge in [0.05, 0.1) is 11.0 Å². The molecule has 108 valence electrons. The average Bonchev–Trinajstić information content (AvgIpc) is 2.77. The van der Waals surface area contributed by atoms with Crippen LogP contribution in [0.15, 0.2) is 30.5 Å². The van der Waals surface area contributed by atoms with Crippen LogP contribution in [0.4, 0.5) is 5.95 Å². The van der Waals surface area contributed by atoms with Gasteiger partial charge in [-0.15, -0.1) is 0 Å². The van der Waals surface area contributed by atoms with Crippen LogP contribution in [0.5, 0.6) is 0 Å². The highest BCUT2D eigenvalue weighted by Gasteiger charge is 2.31. The van der Waals surface area contributed by atoms with Crippen LogP contribution in [-0.4, -0.2) is 19.5 Å². The van der Waals surface area contributed by atoms with Crippen molar-refractivity contribution in [3.63, 3.8) is 0 Å². The molecule has 3 rings (SSSR count). The molecule has 0 atom stereocenters. The lowest BCUT2D eigenvalue weighted by Gasteiger charge is -2.13. The van der Waals surface area contributed by atoms with Gasteiger partial charge in [0.2, 0.25) is 9.74 Å². The van der Waals surface area contributed by atoms with E-state index in [1.807, 2.05) is 25.1 Å². The molecule has 0 saturated carbocycles. The van der Waals surface area contributed by atoms with E-state index in [0.29, 0.717) is 11.3 Å². The molecule has 0 amide bonds. The Balaban J connectivity index is 2.40. The summed E-state index contributed by atoms with van der Waals surface area (Å²) >= 11 is 18.1. The molecule has 0 fully saturated rings. The molecule has 0 spiro atoms. The Bertz CT molecular complexity index is 822. The summed E-state index contributed by atoms with van der Waals surface area (Å²) < 4.78 is -0.0139. The predicted octanol–water partition coefficient (Wildman–Crippen LogP) is 3.53. The minimum atomic E-state index is -1.69.